The minimum Gasteiger partial charge on any atom is -0.343 e. The lowest BCUT2D eigenvalue weighted by Crippen LogP contribution is -2.37. The predicted molar refractivity (Wildman–Crippen MR) is 97.1 cm³/mol. The summed E-state index contributed by atoms with van der Waals surface area (Å²) in [5, 5.41) is 2.64. The molecule has 0 aliphatic carbocycles. The third kappa shape index (κ3) is 5.18. The second-order valence-electron chi connectivity index (χ2n) is 5.03. The van der Waals surface area contributed by atoms with E-state index in [1.807, 2.05) is 30.3 Å². The summed E-state index contributed by atoms with van der Waals surface area (Å²) in [6, 6.07) is 14.8. The van der Waals surface area contributed by atoms with Gasteiger partial charge in [-0.2, -0.15) is 0 Å². The fourth-order valence-corrected chi connectivity index (χ4v) is 2.80. The molecular formula is C17H16Br2N2O2. The van der Waals surface area contributed by atoms with Gasteiger partial charge in [0, 0.05) is 28.1 Å². The largest absolute Gasteiger partial charge is 0.343 e. The lowest BCUT2D eigenvalue weighted by molar-refractivity contribution is -0.129. The second kappa shape index (κ2) is 8.26. The number of likely N-dealkylation sites (N-methyl/N-ethyl adjacent to an activating group) is 1. The molecule has 120 valence electrons. The van der Waals surface area contributed by atoms with Gasteiger partial charge in [-0.3, -0.25) is 9.59 Å². The van der Waals surface area contributed by atoms with Crippen molar-refractivity contribution in [3.05, 3.63) is 68.6 Å². The van der Waals surface area contributed by atoms with E-state index >= 15 is 0 Å². The van der Waals surface area contributed by atoms with E-state index in [1.165, 1.54) is 0 Å². The van der Waals surface area contributed by atoms with Crippen LogP contribution in [0.3, 0.4) is 0 Å². The molecule has 1 N–H and O–H groups in total. The van der Waals surface area contributed by atoms with Crippen molar-refractivity contribution in [1.82, 2.24) is 10.2 Å². The Labute approximate surface area is 152 Å². The van der Waals surface area contributed by atoms with Crippen LogP contribution in [0.15, 0.2) is 57.5 Å². The molecule has 2 aromatic carbocycles. The van der Waals surface area contributed by atoms with E-state index in [0.717, 1.165) is 14.5 Å². The minimum absolute atomic E-state index is 0.0354. The highest BCUT2D eigenvalue weighted by Crippen LogP contribution is 2.17. The number of nitrogens with zero attached hydrogens (tertiary/aromatic N) is 1. The Balaban J connectivity index is 1.89. The fourth-order valence-electron chi connectivity index (χ4n) is 1.99. The summed E-state index contributed by atoms with van der Waals surface area (Å²) < 4.78 is 1.78. The molecule has 0 saturated heterocycles. The van der Waals surface area contributed by atoms with Crippen LogP contribution in [-0.4, -0.2) is 30.3 Å². The first-order valence-electron chi connectivity index (χ1n) is 6.98. The molecule has 0 saturated carbocycles. The third-order valence-corrected chi connectivity index (χ3v) is 4.54. The molecule has 0 unspecified atom stereocenters. The van der Waals surface area contributed by atoms with Gasteiger partial charge < -0.3 is 10.2 Å². The van der Waals surface area contributed by atoms with E-state index in [2.05, 4.69) is 37.2 Å². The number of hydrogen-bond donors (Lipinski definition) is 1. The van der Waals surface area contributed by atoms with Crippen LogP contribution in [-0.2, 0) is 11.3 Å². The summed E-state index contributed by atoms with van der Waals surface area (Å²) in [5.41, 5.74) is 1.53. The molecule has 23 heavy (non-hydrogen) atoms. The van der Waals surface area contributed by atoms with E-state index < -0.39 is 0 Å². The Morgan fingerprint density at radius 3 is 2.52 bits per heavy atom. The Kier molecular flexibility index (Phi) is 6.36. The van der Waals surface area contributed by atoms with Crippen molar-refractivity contribution in [2.45, 2.75) is 6.54 Å². The maximum Gasteiger partial charge on any atom is 0.251 e. The summed E-state index contributed by atoms with van der Waals surface area (Å²) in [6.07, 6.45) is 0. The van der Waals surface area contributed by atoms with Crippen molar-refractivity contribution < 1.29 is 9.59 Å². The van der Waals surface area contributed by atoms with Gasteiger partial charge in [0.15, 0.2) is 0 Å². The number of halogens is 2. The second-order valence-corrected chi connectivity index (χ2v) is 6.80. The van der Waals surface area contributed by atoms with Crippen molar-refractivity contribution in [2.75, 3.05) is 13.6 Å². The molecule has 0 bridgehead atoms. The first-order valence-corrected chi connectivity index (χ1v) is 8.57. The van der Waals surface area contributed by atoms with Crippen molar-refractivity contribution in [2.24, 2.45) is 0 Å². The maximum atomic E-state index is 12.1. The van der Waals surface area contributed by atoms with Gasteiger partial charge in [0.05, 0.1) is 6.54 Å². The Hall–Kier alpha value is -1.66. The summed E-state index contributed by atoms with van der Waals surface area (Å²) in [7, 11) is 1.72. The van der Waals surface area contributed by atoms with E-state index in [1.54, 1.807) is 30.1 Å². The van der Waals surface area contributed by atoms with Crippen molar-refractivity contribution >= 4 is 43.7 Å². The molecule has 0 heterocycles. The molecule has 2 aromatic rings. The molecule has 4 nitrogen and oxygen atoms in total. The molecule has 6 heteroatoms. The quantitative estimate of drug-likeness (QED) is 0.773. The molecule has 0 spiro atoms. The molecular weight excluding hydrogens is 424 g/mol. The van der Waals surface area contributed by atoms with E-state index in [0.29, 0.717) is 12.1 Å². The number of carbonyl (C=O) groups excluding carboxylic acids is 2. The lowest BCUT2D eigenvalue weighted by atomic mass is 10.2. The summed E-state index contributed by atoms with van der Waals surface area (Å²) >= 11 is 6.78. The van der Waals surface area contributed by atoms with Crippen LogP contribution in [0.25, 0.3) is 0 Å². The van der Waals surface area contributed by atoms with Gasteiger partial charge >= 0.3 is 0 Å². The predicted octanol–water partition coefficient (Wildman–Crippen LogP) is 3.60. The van der Waals surface area contributed by atoms with Gasteiger partial charge in [0.2, 0.25) is 5.91 Å². The average Bonchev–Trinajstić information content (AvgIpc) is 2.54. The number of rotatable bonds is 5. The molecule has 2 amide bonds. The van der Waals surface area contributed by atoms with Crippen LogP contribution in [0.5, 0.6) is 0 Å². The number of hydrogen-bond acceptors (Lipinski definition) is 2. The lowest BCUT2D eigenvalue weighted by Gasteiger charge is -2.18. The van der Waals surface area contributed by atoms with Gasteiger partial charge in [0.1, 0.15) is 0 Å². The SMILES string of the molecule is CN(Cc1ccccc1Br)C(=O)CNC(=O)c1cccc(Br)c1. The minimum atomic E-state index is -0.269. The molecule has 0 atom stereocenters. The molecule has 0 aliphatic rings. The van der Waals surface area contributed by atoms with E-state index in [4.69, 9.17) is 0 Å². The highest BCUT2D eigenvalue weighted by Gasteiger charge is 2.13. The topological polar surface area (TPSA) is 49.4 Å². The Bertz CT molecular complexity index is 719. The van der Waals surface area contributed by atoms with Crippen LogP contribution >= 0.6 is 31.9 Å². The first-order chi connectivity index (χ1) is 11.0. The van der Waals surface area contributed by atoms with Gasteiger partial charge in [-0.05, 0) is 29.8 Å². The standard InChI is InChI=1S/C17H16Br2N2O2/c1-21(11-13-5-2-3-8-15(13)19)16(22)10-20-17(23)12-6-4-7-14(18)9-12/h2-9H,10-11H2,1H3,(H,20,23). The van der Waals surface area contributed by atoms with Crippen molar-refractivity contribution in [1.29, 1.82) is 0 Å². The molecule has 0 aliphatic heterocycles. The summed E-state index contributed by atoms with van der Waals surface area (Å²) in [6.45, 7) is 0.444. The number of nitrogens with one attached hydrogen (secondary N) is 1. The molecule has 0 fully saturated rings. The van der Waals surface area contributed by atoms with Crippen LogP contribution in [0.4, 0.5) is 0 Å². The zero-order valence-corrected chi connectivity index (χ0v) is 15.7. The zero-order chi connectivity index (χ0) is 16.8. The van der Waals surface area contributed by atoms with Crippen LogP contribution in [0.1, 0.15) is 15.9 Å². The van der Waals surface area contributed by atoms with Crippen LogP contribution < -0.4 is 5.32 Å². The van der Waals surface area contributed by atoms with Gasteiger partial charge in [0.25, 0.3) is 5.91 Å². The fraction of sp³-hybridized carbons (Fsp3) is 0.176. The smallest absolute Gasteiger partial charge is 0.251 e. The third-order valence-electron chi connectivity index (χ3n) is 3.28. The van der Waals surface area contributed by atoms with E-state index in [9.17, 15) is 9.59 Å². The normalized spacial score (nSPS) is 10.2. The summed E-state index contributed by atoms with van der Waals surface area (Å²) in [4.78, 5) is 25.8. The Morgan fingerprint density at radius 1 is 1.09 bits per heavy atom. The first kappa shape index (κ1) is 17.7. The summed E-state index contributed by atoms with van der Waals surface area (Å²) in [5.74, 6) is -0.418. The zero-order valence-electron chi connectivity index (χ0n) is 12.6. The molecule has 0 radical (unpaired) electrons. The van der Waals surface area contributed by atoms with Crippen LogP contribution in [0, 0.1) is 0 Å². The maximum absolute atomic E-state index is 12.1. The van der Waals surface area contributed by atoms with E-state index in [-0.39, 0.29) is 18.4 Å². The monoisotopic (exact) mass is 438 g/mol. The van der Waals surface area contributed by atoms with Crippen molar-refractivity contribution in [3.8, 4) is 0 Å². The Morgan fingerprint density at radius 2 is 1.83 bits per heavy atom. The van der Waals surface area contributed by atoms with Gasteiger partial charge in [-0.25, -0.2) is 0 Å². The van der Waals surface area contributed by atoms with Gasteiger partial charge in [-0.15, -0.1) is 0 Å². The average molecular weight is 440 g/mol. The molecule has 2 rings (SSSR count). The highest BCUT2D eigenvalue weighted by atomic mass is 79.9. The number of amides is 2. The van der Waals surface area contributed by atoms with Crippen LogP contribution in [0.2, 0.25) is 0 Å². The highest BCUT2D eigenvalue weighted by molar-refractivity contribution is 9.10. The molecule has 0 aromatic heterocycles. The van der Waals surface area contributed by atoms with Crippen molar-refractivity contribution in [3.63, 3.8) is 0 Å². The van der Waals surface area contributed by atoms with Gasteiger partial charge in [-0.1, -0.05) is 56.1 Å². The number of carbonyl (C=O) groups is 2. The number of benzene rings is 2.